The molecule has 7 heteroatoms. The fourth-order valence-corrected chi connectivity index (χ4v) is 2.50. The van der Waals surface area contributed by atoms with Gasteiger partial charge in [-0.25, -0.2) is 4.98 Å². The second-order valence-electron chi connectivity index (χ2n) is 3.71. The van der Waals surface area contributed by atoms with Gasteiger partial charge < -0.3 is 5.32 Å². The van der Waals surface area contributed by atoms with E-state index in [1.54, 1.807) is 11.3 Å². The van der Waals surface area contributed by atoms with Gasteiger partial charge in [0.25, 0.3) is 0 Å². The van der Waals surface area contributed by atoms with Gasteiger partial charge in [0.15, 0.2) is 5.82 Å². The summed E-state index contributed by atoms with van der Waals surface area (Å²) in [6.45, 7) is 1.08. The molecule has 94 valence electrons. The van der Waals surface area contributed by atoms with Crippen LogP contribution in [0.5, 0.6) is 0 Å². The Labute approximate surface area is 116 Å². The lowest BCUT2D eigenvalue weighted by molar-refractivity contribution is 0.608. The summed E-state index contributed by atoms with van der Waals surface area (Å²) in [7, 11) is 0. The van der Waals surface area contributed by atoms with Crippen LogP contribution < -0.4 is 5.32 Å². The molecular formula is C10H14Cl2N4S. The smallest absolute Gasteiger partial charge is 0.182 e. The summed E-state index contributed by atoms with van der Waals surface area (Å²) in [5.74, 6) is 1.77. The van der Waals surface area contributed by atoms with Gasteiger partial charge in [0, 0.05) is 10.9 Å². The maximum absolute atomic E-state index is 4.51. The first-order valence-electron chi connectivity index (χ1n) is 5.12. The monoisotopic (exact) mass is 292 g/mol. The van der Waals surface area contributed by atoms with Crippen LogP contribution in [0.2, 0.25) is 0 Å². The molecule has 1 unspecified atom stereocenters. The fraction of sp³-hybridized carbons (Fsp3) is 0.400. The zero-order chi connectivity index (χ0) is 10.1. The minimum atomic E-state index is 0. The number of hydrogen-bond acceptors (Lipinski definition) is 4. The van der Waals surface area contributed by atoms with Crippen molar-refractivity contribution in [3.05, 3.63) is 22.7 Å². The van der Waals surface area contributed by atoms with E-state index in [4.69, 9.17) is 0 Å². The molecule has 1 aliphatic heterocycles. The second-order valence-corrected chi connectivity index (χ2v) is 4.49. The molecule has 4 nitrogen and oxygen atoms in total. The van der Waals surface area contributed by atoms with Crippen molar-refractivity contribution in [3.8, 4) is 11.4 Å². The summed E-state index contributed by atoms with van der Waals surface area (Å²) in [6, 6.07) is 2.41. The van der Waals surface area contributed by atoms with E-state index >= 15 is 0 Å². The number of nitrogens with zero attached hydrogens (tertiary/aromatic N) is 2. The molecule has 17 heavy (non-hydrogen) atoms. The number of halogens is 2. The summed E-state index contributed by atoms with van der Waals surface area (Å²) in [4.78, 5) is 4.51. The van der Waals surface area contributed by atoms with Crippen LogP contribution in [-0.2, 0) is 0 Å². The van der Waals surface area contributed by atoms with Crippen molar-refractivity contribution in [3.63, 3.8) is 0 Å². The van der Waals surface area contributed by atoms with Crippen molar-refractivity contribution in [1.82, 2.24) is 20.5 Å². The van der Waals surface area contributed by atoms with Crippen LogP contribution in [0, 0.1) is 0 Å². The van der Waals surface area contributed by atoms with Crippen molar-refractivity contribution < 1.29 is 0 Å². The van der Waals surface area contributed by atoms with E-state index in [0.717, 1.165) is 30.2 Å². The highest BCUT2D eigenvalue weighted by Crippen LogP contribution is 2.23. The van der Waals surface area contributed by atoms with Crippen LogP contribution in [0.3, 0.4) is 0 Å². The van der Waals surface area contributed by atoms with Crippen LogP contribution in [-0.4, -0.2) is 21.7 Å². The average molecular weight is 293 g/mol. The second kappa shape index (κ2) is 6.35. The molecule has 0 aliphatic carbocycles. The normalized spacial score (nSPS) is 18.5. The van der Waals surface area contributed by atoms with E-state index in [1.165, 1.54) is 6.42 Å². The van der Waals surface area contributed by atoms with Gasteiger partial charge in [-0.2, -0.15) is 16.4 Å². The lowest BCUT2D eigenvalue weighted by Gasteiger charge is -2.03. The SMILES string of the molecule is Cl.Cl.c1cc(-c2n[nH]c(C3CCCN3)n2)cs1. The molecular weight excluding hydrogens is 279 g/mol. The first kappa shape index (κ1) is 14.4. The lowest BCUT2D eigenvalue weighted by Crippen LogP contribution is -2.14. The van der Waals surface area contributed by atoms with Crippen LogP contribution in [0.1, 0.15) is 24.7 Å². The summed E-state index contributed by atoms with van der Waals surface area (Å²) in [5.41, 5.74) is 1.10. The van der Waals surface area contributed by atoms with Crippen molar-refractivity contribution in [2.75, 3.05) is 6.54 Å². The highest BCUT2D eigenvalue weighted by molar-refractivity contribution is 7.08. The van der Waals surface area contributed by atoms with E-state index < -0.39 is 0 Å². The molecule has 0 bridgehead atoms. The first-order valence-corrected chi connectivity index (χ1v) is 6.06. The molecule has 1 atom stereocenters. The molecule has 3 rings (SSSR count). The molecule has 0 radical (unpaired) electrons. The van der Waals surface area contributed by atoms with E-state index in [1.807, 2.05) is 11.4 Å². The summed E-state index contributed by atoms with van der Waals surface area (Å²) in [5, 5.41) is 14.8. The molecule has 1 aliphatic rings. The molecule has 2 N–H and O–H groups in total. The van der Waals surface area contributed by atoms with Gasteiger partial charge in [0.05, 0.1) is 6.04 Å². The number of aromatic amines is 1. The van der Waals surface area contributed by atoms with E-state index in [-0.39, 0.29) is 24.8 Å². The standard InChI is InChI=1S/C10H12N4S.2ClH/c1-2-8(11-4-1)10-12-9(13-14-10)7-3-5-15-6-7;;/h3,5-6,8,11H,1-2,4H2,(H,12,13,14);2*1H. The largest absolute Gasteiger partial charge is 0.307 e. The quantitative estimate of drug-likeness (QED) is 0.895. The van der Waals surface area contributed by atoms with Gasteiger partial charge in [0.2, 0.25) is 0 Å². The molecule has 0 saturated carbocycles. The Bertz CT molecular complexity index is 437. The van der Waals surface area contributed by atoms with Crippen molar-refractivity contribution in [1.29, 1.82) is 0 Å². The fourth-order valence-electron chi connectivity index (χ4n) is 1.87. The zero-order valence-electron chi connectivity index (χ0n) is 9.05. The first-order chi connectivity index (χ1) is 7.43. The molecule has 2 aromatic heterocycles. The Balaban J connectivity index is 0.000000722. The lowest BCUT2D eigenvalue weighted by atomic mass is 10.2. The Kier molecular flexibility index (Phi) is 5.39. The van der Waals surface area contributed by atoms with E-state index in [2.05, 4.69) is 25.9 Å². The Morgan fingerprint density at radius 3 is 2.88 bits per heavy atom. The summed E-state index contributed by atoms with van der Waals surface area (Å²) in [6.07, 6.45) is 2.37. The maximum atomic E-state index is 4.51. The Morgan fingerprint density at radius 1 is 1.35 bits per heavy atom. The third-order valence-electron chi connectivity index (χ3n) is 2.67. The Hall–Kier alpha value is -0.620. The van der Waals surface area contributed by atoms with Crippen LogP contribution in [0.15, 0.2) is 16.8 Å². The number of rotatable bonds is 2. The predicted molar refractivity (Wildman–Crippen MR) is 74.2 cm³/mol. The van der Waals surface area contributed by atoms with Crippen molar-refractivity contribution >= 4 is 36.2 Å². The average Bonchev–Trinajstić information content (AvgIpc) is 3.02. The minimum absolute atomic E-state index is 0. The molecule has 1 fully saturated rings. The number of aromatic nitrogens is 3. The number of thiophene rings is 1. The molecule has 2 aromatic rings. The van der Waals surface area contributed by atoms with Crippen LogP contribution in [0.4, 0.5) is 0 Å². The van der Waals surface area contributed by atoms with Crippen LogP contribution in [0.25, 0.3) is 11.4 Å². The third-order valence-corrected chi connectivity index (χ3v) is 3.36. The number of hydrogen-bond donors (Lipinski definition) is 2. The Morgan fingerprint density at radius 2 is 2.24 bits per heavy atom. The molecule has 0 spiro atoms. The minimum Gasteiger partial charge on any atom is -0.307 e. The van der Waals surface area contributed by atoms with Gasteiger partial charge in [-0.3, -0.25) is 5.10 Å². The van der Waals surface area contributed by atoms with Crippen LogP contribution >= 0.6 is 36.2 Å². The zero-order valence-corrected chi connectivity index (χ0v) is 11.5. The third kappa shape index (κ3) is 2.98. The molecule has 3 heterocycles. The van der Waals surface area contributed by atoms with Gasteiger partial charge in [-0.15, -0.1) is 24.8 Å². The van der Waals surface area contributed by atoms with E-state index in [0.29, 0.717) is 6.04 Å². The topological polar surface area (TPSA) is 53.6 Å². The number of H-pyrrole nitrogens is 1. The van der Waals surface area contributed by atoms with Crippen molar-refractivity contribution in [2.24, 2.45) is 0 Å². The van der Waals surface area contributed by atoms with Gasteiger partial charge in [0.1, 0.15) is 5.82 Å². The molecule has 0 aromatic carbocycles. The molecule has 1 saturated heterocycles. The highest BCUT2D eigenvalue weighted by Gasteiger charge is 2.20. The van der Waals surface area contributed by atoms with Gasteiger partial charge in [-0.05, 0) is 30.8 Å². The van der Waals surface area contributed by atoms with Gasteiger partial charge >= 0.3 is 0 Å². The highest BCUT2D eigenvalue weighted by atomic mass is 35.5. The van der Waals surface area contributed by atoms with Gasteiger partial charge in [-0.1, -0.05) is 0 Å². The summed E-state index contributed by atoms with van der Waals surface area (Å²) >= 11 is 1.67. The molecule has 0 amide bonds. The number of nitrogens with one attached hydrogen (secondary N) is 2. The maximum Gasteiger partial charge on any atom is 0.182 e. The van der Waals surface area contributed by atoms with E-state index in [9.17, 15) is 0 Å². The van der Waals surface area contributed by atoms with Crippen molar-refractivity contribution in [2.45, 2.75) is 18.9 Å². The predicted octanol–water partition coefficient (Wildman–Crippen LogP) is 2.80. The summed E-state index contributed by atoms with van der Waals surface area (Å²) < 4.78 is 0.